The van der Waals surface area contributed by atoms with Crippen molar-refractivity contribution in [1.82, 2.24) is 20.4 Å². The fraction of sp³-hybridized carbons (Fsp3) is 0.909. The molecule has 0 aliphatic carbocycles. The molecule has 2 heterocycles. The zero-order valence-corrected chi connectivity index (χ0v) is 19.5. The Hall–Kier alpha value is -1.50. The van der Waals surface area contributed by atoms with Crippen molar-refractivity contribution < 1.29 is 9.53 Å². The maximum atomic E-state index is 12.2. The van der Waals surface area contributed by atoms with Crippen molar-refractivity contribution >= 4 is 12.1 Å². The molecule has 0 aromatic carbocycles. The molecule has 0 saturated carbocycles. The van der Waals surface area contributed by atoms with Gasteiger partial charge in [0, 0.05) is 26.2 Å². The maximum absolute atomic E-state index is 12.2. The van der Waals surface area contributed by atoms with E-state index in [1.165, 1.54) is 38.9 Å². The number of likely N-dealkylation sites (tertiary alicyclic amines) is 2. The first-order chi connectivity index (χ1) is 13.7. The van der Waals surface area contributed by atoms with Gasteiger partial charge in [-0.3, -0.25) is 4.99 Å². The van der Waals surface area contributed by atoms with E-state index < -0.39 is 5.60 Å². The van der Waals surface area contributed by atoms with Crippen LogP contribution in [0.25, 0.3) is 0 Å². The highest BCUT2D eigenvalue weighted by molar-refractivity contribution is 5.80. The molecule has 7 nitrogen and oxygen atoms in total. The van der Waals surface area contributed by atoms with Gasteiger partial charge in [0.15, 0.2) is 5.96 Å². The third kappa shape index (κ3) is 8.41. The molecule has 29 heavy (non-hydrogen) atoms. The van der Waals surface area contributed by atoms with Crippen LogP contribution in [0, 0.1) is 11.8 Å². The number of guanidine groups is 1. The van der Waals surface area contributed by atoms with Gasteiger partial charge < -0.3 is 25.2 Å². The number of rotatable bonds is 7. The minimum atomic E-state index is -0.496. The second-order valence-electron chi connectivity index (χ2n) is 9.80. The van der Waals surface area contributed by atoms with E-state index >= 15 is 0 Å². The zero-order chi connectivity index (χ0) is 21.4. The van der Waals surface area contributed by atoms with Gasteiger partial charge in [-0.05, 0) is 71.9 Å². The highest BCUT2D eigenvalue weighted by Crippen LogP contribution is 2.20. The van der Waals surface area contributed by atoms with Gasteiger partial charge >= 0.3 is 6.09 Å². The maximum Gasteiger partial charge on any atom is 0.407 e. The van der Waals surface area contributed by atoms with Crippen LogP contribution < -0.4 is 10.6 Å². The summed E-state index contributed by atoms with van der Waals surface area (Å²) in [6.07, 6.45) is 3.55. The predicted molar refractivity (Wildman–Crippen MR) is 119 cm³/mol. The molecule has 2 rings (SSSR count). The standard InChI is InChI=1S/C22H43N5O2/c1-7-23-20(27-13-10-18(16-27)15-26-11-8-9-12-26)24-14-19(17(2)3)25-21(28)29-22(4,5)6/h17-19H,7-16H2,1-6H3,(H,23,24)(H,25,28). The summed E-state index contributed by atoms with van der Waals surface area (Å²) in [5.41, 5.74) is -0.496. The Balaban J connectivity index is 1.92. The monoisotopic (exact) mass is 409 g/mol. The number of hydrogen-bond donors (Lipinski definition) is 2. The molecule has 2 saturated heterocycles. The summed E-state index contributed by atoms with van der Waals surface area (Å²) in [5.74, 6) is 1.96. The highest BCUT2D eigenvalue weighted by atomic mass is 16.6. The second-order valence-corrected chi connectivity index (χ2v) is 9.80. The lowest BCUT2D eigenvalue weighted by atomic mass is 10.1. The number of carbonyl (C=O) groups excluding carboxylic acids is 1. The first-order valence-electron chi connectivity index (χ1n) is 11.4. The largest absolute Gasteiger partial charge is 0.444 e. The molecule has 2 fully saturated rings. The molecule has 0 bridgehead atoms. The van der Waals surface area contributed by atoms with Crippen molar-refractivity contribution in [3.05, 3.63) is 0 Å². The molecule has 0 radical (unpaired) electrons. The van der Waals surface area contributed by atoms with E-state index in [2.05, 4.69) is 41.2 Å². The molecular weight excluding hydrogens is 366 g/mol. The Bertz CT molecular complexity index is 538. The molecule has 2 unspecified atom stereocenters. The third-order valence-electron chi connectivity index (χ3n) is 5.58. The van der Waals surface area contributed by atoms with E-state index in [1.807, 2.05) is 20.8 Å². The molecular formula is C22H43N5O2. The Labute approximate surface area is 177 Å². The van der Waals surface area contributed by atoms with Crippen LogP contribution in [0.1, 0.15) is 60.8 Å². The lowest BCUT2D eigenvalue weighted by Gasteiger charge is -2.26. The van der Waals surface area contributed by atoms with Crippen LogP contribution in [0.3, 0.4) is 0 Å². The Morgan fingerprint density at radius 2 is 1.90 bits per heavy atom. The minimum Gasteiger partial charge on any atom is -0.444 e. The minimum absolute atomic E-state index is 0.0542. The van der Waals surface area contributed by atoms with Gasteiger partial charge in [0.2, 0.25) is 0 Å². The molecule has 1 amide bonds. The topological polar surface area (TPSA) is 69.2 Å². The van der Waals surface area contributed by atoms with Crippen LogP contribution >= 0.6 is 0 Å². The summed E-state index contributed by atoms with van der Waals surface area (Å²) in [4.78, 5) is 22.1. The number of aliphatic imine (C=N–C) groups is 1. The third-order valence-corrected chi connectivity index (χ3v) is 5.58. The summed E-state index contributed by atoms with van der Waals surface area (Å²) >= 11 is 0. The van der Waals surface area contributed by atoms with Gasteiger partial charge in [0.05, 0.1) is 12.6 Å². The molecule has 2 atom stereocenters. The first kappa shape index (κ1) is 23.8. The van der Waals surface area contributed by atoms with E-state index in [-0.39, 0.29) is 18.1 Å². The average Bonchev–Trinajstić information content (AvgIpc) is 3.28. The summed E-state index contributed by atoms with van der Waals surface area (Å²) in [6.45, 7) is 19.2. The lowest BCUT2D eigenvalue weighted by Crippen LogP contribution is -2.45. The van der Waals surface area contributed by atoms with Gasteiger partial charge in [-0.25, -0.2) is 4.79 Å². The van der Waals surface area contributed by atoms with E-state index in [0.29, 0.717) is 6.54 Å². The number of hydrogen-bond acceptors (Lipinski definition) is 4. The van der Waals surface area contributed by atoms with Gasteiger partial charge in [-0.15, -0.1) is 0 Å². The zero-order valence-electron chi connectivity index (χ0n) is 19.5. The van der Waals surface area contributed by atoms with Crippen LogP contribution in [0.5, 0.6) is 0 Å². The number of ether oxygens (including phenoxy) is 1. The molecule has 0 spiro atoms. The van der Waals surface area contributed by atoms with Gasteiger partial charge in [0.25, 0.3) is 0 Å². The van der Waals surface area contributed by atoms with Crippen LogP contribution in [-0.2, 0) is 4.74 Å². The van der Waals surface area contributed by atoms with Gasteiger partial charge in [-0.2, -0.15) is 0 Å². The summed E-state index contributed by atoms with van der Waals surface area (Å²) in [5, 5.41) is 6.44. The Morgan fingerprint density at radius 1 is 1.21 bits per heavy atom. The highest BCUT2D eigenvalue weighted by Gasteiger charge is 2.28. The molecule has 0 aromatic rings. The van der Waals surface area contributed by atoms with E-state index in [1.54, 1.807) is 0 Å². The summed E-state index contributed by atoms with van der Waals surface area (Å²) < 4.78 is 5.42. The van der Waals surface area contributed by atoms with Crippen LogP contribution in [0.4, 0.5) is 4.79 Å². The molecule has 2 aliphatic heterocycles. The SMILES string of the molecule is CCNC(=NCC(NC(=O)OC(C)(C)C)C(C)C)N1CCC(CN2CCCC2)C1. The van der Waals surface area contributed by atoms with Crippen molar-refractivity contribution in [2.24, 2.45) is 16.8 Å². The molecule has 7 heteroatoms. The van der Waals surface area contributed by atoms with Crippen molar-refractivity contribution in [2.45, 2.75) is 72.4 Å². The number of amides is 1. The number of alkyl carbamates (subject to hydrolysis) is 1. The quantitative estimate of drug-likeness (QED) is 0.500. The van der Waals surface area contributed by atoms with Crippen molar-refractivity contribution in [3.8, 4) is 0 Å². The fourth-order valence-electron chi connectivity index (χ4n) is 4.00. The van der Waals surface area contributed by atoms with E-state index in [4.69, 9.17) is 9.73 Å². The molecule has 0 aromatic heterocycles. The van der Waals surface area contributed by atoms with Crippen LogP contribution in [-0.4, -0.2) is 79.3 Å². The summed E-state index contributed by atoms with van der Waals surface area (Å²) in [7, 11) is 0. The molecule has 168 valence electrons. The van der Waals surface area contributed by atoms with Gasteiger partial charge in [-0.1, -0.05) is 13.8 Å². The van der Waals surface area contributed by atoms with Gasteiger partial charge in [0.1, 0.15) is 5.60 Å². The van der Waals surface area contributed by atoms with Crippen molar-refractivity contribution in [3.63, 3.8) is 0 Å². The Kier molecular flexibility index (Phi) is 9.05. The van der Waals surface area contributed by atoms with Crippen LogP contribution in [0.15, 0.2) is 4.99 Å². The molecule has 2 aliphatic rings. The number of nitrogens with one attached hydrogen (secondary N) is 2. The Morgan fingerprint density at radius 3 is 2.48 bits per heavy atom. The smallest absolute Gasteiger partial charge is 0.407 e. The van der Waals surface area contributed by atoms with Crippen LogP contribution in [0.2, 0.25) is 0 Å². The van der Waals surface area contributed by atoms with E-state index in [9.17, 15) is 4.79 Å². The predicted octanol–water partition coefficient (Wildman–Crippen LogP) is 2.92. The molecule has 2 N–H and O–H groups in total. The number of carbonyl (C=O) groups is 1. The first-order valence-corrected chi connectivity index (χ1v) is 11.4. The summed E-state index contributed by atoms with van der Waals surface area (Å²) in [6, 6.07) is -0.0542. The number of nitrogens with zero attached hydrogens (tertiary/aromatic N) is 3. The van der Waals surface area contributed by atoms with E-state index in [0.717, 1.165) is 31.5 Å². The normalized spacial score (nSPS) is 22.2. The lowest BCUT2D eigenvalue weighted by molar-refractivity contribution is 0.0493. The van der Waals surface area contributed by atoms with Crippen molar-refractivity contribution in [2.75, 3.05) is 45.8 Å². The van der Waals surface area contributed by atoms with Crippen molar-refractivity contribution in [1.29, 1.82) is 0 Å². The average molecular weight is 410 g/mol. The second kappa shape index (κ2) is 11.0. The fourth-order valence-corrected chi connectivity index (χ4v) is 4.00.